The second kappa shape index (κ2) is 5.74. The maximum absolute atomic E-state index is 13.6. The molecule has 20 heavy (non-hydrogen) atoms. The van der Waals surface area contributed by atoms with Gasteiger partial charge in [0.25, 0.3) is 11.6 Å². The van der Waals surface area contributed by atoms with Crippen molar-refractivity contribution in [1.29, 1.82) is 0 Å². The van der Waals surface area contributed by atoms with E-state index >= 15 is 0 Å². The quantitative estimate of drug-likeness (QED) is 0.687. The predicted molar refractivity (Wildman–Crippen MR) is 72.9 cm³/mol. The molecule has 0 bridgehead atoms. The van der Waals surface area contributed by atoms with Gasteiger partial charge in [-0.2, -0.15) is 0 Å². The fourth-order valence-electron chi connectivity index (χ4n) is 1.46. The van der Waals surface area contributed by atoms with Gasteiger partial charge in [-0.15, -0.1) is 0 Å². The molecule has 2 aromatic rings. The van der Waals surface area contributed by atoms with Crippen LogP contribution in [0.2, 0.25) is 0 Å². The average Bonchev–Trinajstić information content (AvgIpc) is 2.38. The van der Waals surface area contributed by atoms with Crippen molar-refractivity contribution in [2.24, 2.45) is 0 Å². The Bertz CT molecular complexity index is 693. The normalized spacial score (nSPS) is 10.1. The molecule has 0 fully saturated rings. The second-order valence-electron chi connectivity index (χ2n) is 3.73. The predicted octanol–water partition coefficient (Wildman–Crippen LogP) is 3.14. The van der Waals surface area contributed by atoms with Gasteiger partial charge in [0.2, 0.25) is 0 Å². The number of nitro benzene ring substituents is 1. The number of non-ortho nitro benzene ring substituents is 1. The molecule has 1 aromatic heterocycles. The van der Waals surface area contributed by atoms with Crippen molar-refractivity contribution < 1.29 is 14.1 Å². The Kier molecular flexibility index (Phi) is 4.04. The van der Waals surface area contributed by atoms with E-state index in [1.165, 1.54) is 6.20 Å². The first-order chi connectivity index (χ1) is 9.47. The number of hydrogen-bond donors (Lipinski definition) is 1. The van der Waals surface area contributed by atoms with E-state index in [1.54, 1.807) is 12.1 Å². The van der Waals surface area contributed by atoms with E-state index in [4.69, 9.17) is 0 Å². The van der Waals surface area contributed by atoms with Gasteiger partial charge in [0.05, 0.1) is 16.6 Å². The summed E-state index contributed by atoms with van der Waals surface area (Å²) in [4.78, 5) is 25.5. The maximum Gasteiger partial charge on any atom is 0.272 e. The minimum atomic E-state index is -0.966. The molecule has 0 saturated heterocycles. The van der Waals surface area contributed by atoms with E-state index in [-0.39, 0.29) is 11.4 Å². The highest BCUT2D eigenvalue weighted by atomic mass is 79.9. The Morgan fingerprint density at radius 1 is 1.35 bits per heavy atom. The summed E-state index contributed by atoms with van der Waals surface area (Å²) in [7, 11) is 0. The van der Waals surface area contributed by atoms with Crippen LogP contribution in [0.3, 0.4) is 0 Å². The van der Waals surface area contributed by atoms with Crippen LogP contribution in [0, 0.1) is 15.9 Å². The summed E-state index contributed by atoms with van der Waals surface area (Å²) in [6, 6.07) is 6.03. The van der Waals surface area contributed by atoms with Crippen LogP contribution in [0.5, 0.6) is 0 Å². The molecule has 0 saturated carbocycles. The van der Waals surface area contributed by atoms with E-state index in [1.807, 2.05) is 0 Å². The monoisotopic (exact) mass is 339 g/mol. The van der Waals surface area contributed by atoms with Gasteiger partial charge in [0, 0.05) is 16.7 Å². The number of benzene rings is 1. The number of amides is 1. The van der Waals surface area contributed by atoms with Gasteiger partial charge in [-0.05, 0) is 18.2 Å². The zero-order valence-electron chi connectivity index (χ0n) is 9.84. The van der Waals surface area contributed by atoms with E-state index in [2.05, 4.69) is 26.2 Å². The summed E-state index contributed by atoms with van der Waals surface area (Å²) in [6.45, 7) is 0. The van der Waals surface area contributed by atoms with Gasteiger partial charge < -0.3 is 5.32 Å². The molecular weight excluding hydrogens is 333 g/mol. The van der Waals surface area contributed by atoms with Crippen molar-refractivity contribution >= 4 is 33.3 Å². The molecule has 1 N–H and O–H groups in total. The fraction of sp³-hybridized carbons (Fsp3) is 0. The molecule has 102 valence electrons. The van der Waals surface area contributed by atoms with Gasteiger partial charge in [-0.3, -0.25) is 14.9 Å². The Balaban J connectivity index is 2.23. The van der Waals surface area contributed by atoms with E-state index in [9.17, 15) is 19.3 Å². The summed E-state index contributed by atoms with van der Waals surface area (Å²) in [5, 5.41) is 12.9. The number of nitrogens with one attached hydrogen (secondary N) is 1. The van der Waals surface area contributed by atoms with Crippen LogP contribution in [0.15, 0.2) is 41.0 Å². The molecule has 2 rings (SSSR count). The van der Waals surface area contributed by atoms with Crippen molar-refractivity contribution in [3.8, 4) is 0 Å². The third kappa shape index (κ3) is 3.15. The lowest BCUT2D eigenvalue weighted by Crippen LogP contribution is -2.14. The van der Waals surface area contributed by atoms with Gasteiger partial charge in [-0.25, -0.2) is 9.37 Å². The Morgan fingerprint density at radius 3 is 2.70 bits per heavy atom. The van der Waals surface area contributed by atoms with Gasteiger partial charge in [-0.1, -0.05) is 15.9 Å². The van der Waals surface area contributed by atoms with E-state index < -0.39 is 22.3 Å². The molecule has 0 aliphatic heterocycles. The van der Waals surface area contributed by atoms with Gasteiger partial charge in [0.15, 0.2) is 0 Å². The zero-order chi connectivity index (χ0) is 14.7. The van der Waals surface area contributed by atoms with Crippen LogP contribution >= 0.6 is 15.9 Å². The summed E-state index contributed by atoms with van der Waals surface area (Å²) in [5.41, 5.74) is -0.711. The Labute approximate surface area is 120 Å². The largest absolute Gasteiger partial charge is 0.306 e. The third-order valence-electron chi connectivity index (χ3n) is 2.37. The lowest BCUT2D eigenvalue weighted by molar-refractivity contribution is -0.385. The number of carbonyl (C=O) groups is 1. The minimum Gasteiger partial charge on any atom is -0.306 e. The van der Waals surface area contributed by atoms with Crippen molar-refractivity contribution in [2.45, 2.75) is 0 Å². The summed E-state index contributed by atoms with van der Waals surface area (Å²) >= 11 is 3.21. The van der Waals surface area contributed by atoms with Crippen LogP contribution in [-0.2, 0) is 0 Å². The fourth-order valence-corrected chi connectivity index (χ4v) is 1.79. The number of halogens is 2. The van der Waals surface area contributed by atoms with Gasteiger partial charge >= 0.3 is 0 Å². The molecule has 1 heterocycles. The first-order valence-electron chi connectivity index (χ1n) is 5.34. The van der Waals surface area contributed by atoms with Crippen molar-refractivity contribution in [3.63, 3.8) is 0 Å². The number of anilines is 1. The molecular formula is C12H7BrFN3O3. The molecule has 6 nitrogen and oxygen atoms in total. The number of nitrogens with zero attached hydrogens (tertiary/aromatic N) is 2. The number of rotatable bonds is 3. The molecule has 1 aromatic carbocycles. The lowest BCUT2D eigenvalue weighted by Gasteiger charge is -2.05. The number of pyridine rings is 1. The molecule has 0 spiro atoms. The van der Waals surface area contributed by atoms with Crippen molar-refractivity contribution in [2.75, 3.05) is 5.32 Å². The standard InChI is InChI=1S/C12H7BrFN3O3/c13-7-3-4-15-11(5-7)16-12(18)9-2-1-8(17(19)20)6-10(9)14/h1-6H,(H,15,16,18). The molecule has 0 atom stereocenters. The highest BCUT2D eigenvalue weighted by Gasteiger charge is 2.16. The summed E-state index contributed by atoms with van der Waals surface area (Å²) in [5.74, 6) is -1.46. The van der Waals surface area contributed by atoms with Crippen LogP contribution in [0.1, 0.15) is 10.4 Å². The minimum absolute atomic E-state index is 0.238. The lowest BCUT2D eigenvalue weighted by atomic mass is 10.2. The first kappa shape index (κ1) is 14.1. The number of nitro groups is 1. The Hall–Kier alpha value is -2.35. The SMILES string of the molecule is O=C(Nc1cc(Br)ccn1)c1ccc([N+](=O)[O-])cc1F. The van der Waals surface area contributed by atoms with Crippen LogP contribution in [0.25, 0.3) is 0 Å². The third-order valence-corrected chi connectivity index (χ3v) is 2.86. The molecule has 0 radical (unpaired) electrons. The van der Waals surface area contributed by atoms with Crippen LogP contribution in [-0.4, -0.2) is 15.8 Å². The molecule has 8 heteroatoms. The summed E-state index contributed by atoms with van der Waals surface area (Å²) in [6.07, 6.45) is 1.46. The second-order valence-corrected chi connectivity index (χ2v) is 4.65. The zero-order valence-corrected chi connectivity index (χ0v) is 11.4. The smallest absolute Gasteiger partial charge is 0.272 e. The molecule has 0 unspecified atom stereocenters. The molecule has 0 aliphatic carbocycles. The molecule has 1 amide bonds. The van der Waals surface area contributed by atoms with E-state index in [0.717, 1.165) is 12.1 Å². The van der Waals surface area contributed by atoms with Crippen LogP contribution in [0.4, 0.5) is 15.9 Å². The number of carbonyl (C=O) groups excluding carboxylic acids is 1. The number of hydrogen-bond acceptors (Lipinski definition) is 4. The first-order valence-corrected chi connectivity index (χ1v) is 6.13. The highest BCUT2D eigenvalue weighted by molar-refractivity contribution is 9.10. The average molecular weight is 340 g/mol. The van der Waals surface area contributed by atoms with E-state index in [0.29, 0.717) is 10.5 Å². The number of aromatic nitrogens is 1. The van der Waals surface area contributed by atoms with Crippen LogP contribution < -0.4 is 5.32 Å². The molecule has 0 aliphatic rings. The highest BCUT2D eigenvalue weighted by Crippen LogP contribution is 2.18. The van der Waals surface area contributed by atoms with Crippen molar-refractivity contribution in [3.05, 3.63) is 62.5 Å². The Morgan fingerprint density at radius 2 is 2.10 bits per heavy atom. The van der Waals surface area contributed by atoms with Gasteiger partial charge in [0.1, 0.15) is 11.6 Å². The maximum atomic E-state index is 13.6. The summed E-state index contributed by atoms with van der Waals surface area (Å²) < 4.78 is 14.3. The van der Waals surface area contributed by atoms with Crippen molar-refractivity contribution in [1.82, 2.24) is 4.98 Å². The topological polar surface area (TPSA) is 85.1 Å².